The molecule has 2 aliphatic carbocycles. The summed E-state index contributed by atoms with van der Waals surface area (Å²) in [6.45, 7) is 4.33. The second-order valence-corrected chi connectivity index (χ2v) is 7.32. The zero-order valence-corrected chi connectivity index (χ0v) is 12.7. The summed E-state index contributed by atoms with van der Waals surface area (Å²) < 4.78 is 38.9. The van der Waals surface area contributed by atoms with E-state index in [0.717, 1.165) is 25.7 Å². The highest BCUT2D eigenvalue weighted by Gasteiger charge is 2.56. The molecule has 2 fully saturated rings. The van der Waals surface area contributed by atoms with E-state index in [1.807, 2.05) is 0 Å². The number of aliphatic hydroxyl groups is 1. The van der Waals surface area contributed by atoms with Gasteiger partial charge in [-0.3, -0.25) is 4.79 Å². The van der Waals surface area contributed by atoms with Gasteiger partial charge in [0.25, 0.3) is 0 Å². The molecule has 0 saturated heterocycles. The predicted octanol–water partition coefficient (Wildman–Crippen LogP) is 3.97. The molecule has 2 nitrogen and oxygen atoms in total. The highest BCUT2D eigenvalue weighted by Crippen LogP contribution is 2.51. The molecule has 2 aliphatic rings. The Morgan fingerprint density at radius 1 is 1.14 bits per heavy atom. The summed E-state index contributed by atoms with van der Waals surface area (Å²) in [5.41, 5.74) is -3.18. The monoisotopic (exact) mass is 306 g/mol. The number of alkyl halides is 3. The number of hydrogen-bond donors (Lipinski definition) is 1. The van der Waals surface area contributed by atoms with Gasteiger partial charge < -0.3 is 5.11 Å². The molecular formula is C16H25F3O2. The second-order valence-electron chi connectivity index (χ2n) is 7.32. The van der Waals surface area contributed by atoms with Crippen molar-refractivity contribution in [1.82, 2.24) is 0 Å². The number of fused-ring (bicyclic) bond motifs is 1. The topological polar surface area (TPSA) is 37.3 Å². The molecule has 5 heteroatoms. The molecule has 2 saturated carbocycles. The third-order valence-electron chi connectivity index (χ3n) is 5.71. The standard InChI is InChI=1S/C16H25F3O2/c1-10-6-11(2)13-5-3-4-12(14(13)7-10)8-15(21,9-20)16(17,18)19/h9-14,21H,3-8H2,1-2H3. The summed E-state index contributed by atoms with van der Waals surface area (Å²) in [6, 6.07) is 0. The molecule has 0 spiro atoms. The first-order chi connectivity index (χ1) is 9.68. The van der Waals surface area contributed by atoms with Crippen LogP contribution in [0.1, 0.15) is 52.4 Å². The maximum atomic E-state index is 13.0. The molecule has 0 aromatic heterocycles. The average Bonchev–Trinajstić information content (AvgIpc) is 2.38. The van der Waals surface area contributed by atoms with E-state index >= 15 is 0 Å². The molecule has 0 aromatic rings. The molecule has 21 heavy (non-hydrogen) atoms. The van der Waals surface area contributed by atoms with Crippen LogP contribution in [0.5, 0.6) is 0 Å². The molecule has 0 aliphatic heterocycles. The van der Waals surface area contributed by atoms with Crippen LogP contribution in [0.15, 0.2) is 0 Å². The van der Waals surface area contributed by atoms with E-state index in [1.165, 1.54) is 0 Å². The van der Waals surface area contributed by atoms with Crippen molar-refractivity contribution in [3.8, 4) is 0 Å². The van der Waals surface area contributed by atoms with Crippen LogP contribution < -0.4 is 0 Å². The van der Waals surface area contributed by atoms with Crippen LogP contribution in [-0.2, 0) is 4.79 Å². The Labute approximate surface area is 124 Å². The van der Waals surface area contributed by atoms with Crippen molar-refractivity contribution in [2.75, 3.05) is 0 Å². The molecule has 1 N–H and O–H groups in total. The minimum atomic E-state index is -4.88. The van der Waals surface area contributed by atoms with Crippen LogP contribution >= 0.6 is 0 Å². The van der Waals surface area contributed by atoms with E-state index in [9.17, 15) is 23.1 Å². The quantitative estimate of drug-likeness (QED) is 0.801. The first-order valence-electron chi connectivity index (χ1n) is 7.93. The minimum absolute atomic E-state index is 0.203. The number of carbonyl (C=O) groups excluding carboxylic acids is 1. The summed E-state index contributed by atoms with van der Waals surface area (Å²) in [6.07, 6.45) is -0.956. The molecule has 0 amide bonds. The van der Waals surface area contributed by atoms with Crippen LogP contribution in [-0.4, -0.2) is 23.2 Å². The Morgan fingerprint density at radius 3 is 2.38 bits per heavy atom. The average molecular weight is 306 g/mol. The largest absolute Gasteiger partial charge is 0.424 e. The molecule has 122 valence electrons. The van der Waals surface area contributed by atoms with E-state index < -0.39 is 18.2 Å². The van der Waals surface area contributed by atoms with Crippen LogP contribution in [0.25, 0.3) is 0 Å². The lowest BCUT2D eigenvalue weighted by molar-refractivity contribution is -0.252. The van der Waals surface area contributed by atoms with E-state index in [0.29, 0.717) is 24.2 Å². The zero-order valence-electron chi connectivity index (χ0n) is 12.7. The second kappa shape index (κ2) is 5.90. The van der Waals surface area contributed by atoms with Gasteiger partial charge in [0.15, 0.2) is 6.29 Å². The maximum absolute atomic E-state index is 13.0. The molecule has 0 heterocycles. The van der Waals surface area contributed by atoms with Crippen LogP contribution in [0.3, 0.4) is 0 Å². The smallest absolute Gasteiger partial charge is 0.374 e. The van der Waals surface area contributed by atoms with Crippen molar-refractivity contribution in [2.45, 2.75) is 64.1 Å². The minimum Gasteiger partial charge on any atom is -0.374 e. The van der Waals surface area contributed by atoms with Crippen molar-refractivity contribution in [3.63, 3.8) is 0 Å². The van der Waals surface area contributed by atoms with E-state index in [2.05, 4.69) is 13.8 Å². The highest BCUT2D eigenvalue weighted by molar-refractivity contribution is 5.63. The predicted molar refractivity (Wildman–Crippen MR) is 73.6 cm³/mol. The van der Waals surface area contributed by atoms with Crippen molar-refractivity contribution < 1.29 is 23.1 Å². The third kappa shape index (κ3) is 3.27. The molecule has 2 rings (SSSR count). The van der Waals surface area contributed by atoms with Crippen molar-refractivity contribution in [3.05, 3.63) is 0 Å². The molecule has 6 unspecified atom stereocenters. The summed E-state index contributed by atoms with van der Waals surface area (Å²) in [5, 5.41) is 9.74. The Kier molecular flexibility index (Phi) is 4.72. The fourth-order valence-corrected chi connectivity index (χ4v) is 4.72. The molecule has 0 bridgehead atoms. The normalized spacial score (nSPS) is 40.2. The van der Waals surface area contributed by atoms with Crippen LogP contribution in [0.4, 0.5) is 13.2 Å². The van der Waals surface area contributed by atoms with E-state index in [-0.39, 0.29) is 18.1 Å². The SMILES string of the molecule is CC1CC(C)C2CCCC(CC(O)(C=O)C(F)(F)F)C2C1. The van der Waals surface area contributed by atoms with E-state index in [4.69, 9.17) is 0 Å². The van der Waals surface area contributed by atoms with Gasteiger partial charge >= 0.3 is 6.18 Å². The lowest BCUT2D eigenvalue weighted by Crippen LogP contribution is -2.50. The van der Waals surface area contributed by atoms with Gasteiger partial charge in [0.1, 0.15) is 0 Å². The highest BCUT2D eigenvalue weighted by atomic mass is 19.4. The van der Waals surface area contributed by atoms with Gasteiger partial charge in [-0.2, -0.15) is 13.2 Å². The zero-order chi connectivity index (χ0) is 15.8. The Morgan fingerprint density at radius 2 is 1.81 bits per heavy atom. The lowest BCUT2D eigenvalue weighted by Gasteiger charge is -2.48. The van der Waals surface area contributed by atoms with E-state index in [1.54, 1.807) is 0 Å². The van der Waals surface area contributed by atoms with Gasteiger partial charge in [-0.15, -0.1) is 0 Å². The Hall–Kier alpha value is -0.580. The van der Waals surface area contributed by atoms with Crippen LogP contribution in [0.2, 0.25) is 0 Å². The summed E-state index contributed by atoms with van der Waals surface area (Å²) >= 11 is 0. The lowest BCUT2D eigenvalue weighted by atomic mass is 9.58. The fourth-order valence-electron chi connectivity index (χ4n) is 4.72. The number of hydrogen-bond acceptors (Lipinski definition) is 2. The number of carbonyl (C=O) groups is 1. The van der Waals surface area contributed by atoms with Crippen molar-refractivity contribution in [1.29, 1.82) is 0 Å². The van der Waals surface area contributed by atoms with Gasteiger partial charge in [-0.05, 0) is 55.3 Å². The summed E-state index contributed by atoms with van der Waals surface area (Å²) in [7, 11) is 0. The summed E-state index contributed by atoms with van der Waals surface area (Å²) in [4.78, 5) is 10.9. The molecule has 0 radical (unpaired) electrons. The van der Waals surface area contributed by atoms with Gasteiger partial charge in [-0.1, -0.05) is 26.7 Å². The van der Waals surface area contributed by atoms with Gasteiger partial charge in [0.2, 0.25) is 5.60 Å². The molecular weight excluding hydrogens is 281 g/mol. The molecule has 6 atom stereocenters. The Bertz CT molecular complexity index is 382. The maximum Gasteiger partial charge on any atom is 0.424 e. The van der Waals surface area contributed by atoms with Gasteiger partial charge in [0, 0.05) is 0 Å². The first kappa shape index (κ1) is 16.8. The first-order valence-corrected chi connectivity index (χ1v) is 7.93. The number of rotatable bonds is 3. The summed E-state index contributed by atoms with van der Waals surface area (Å²) in [5.74, 6) is 1.50. The third-order valence-corrected chi connectivity index (χ3v) is 5.71. The van der Waals surface area contributed by atoms with Crippen molar-refractivity contribution in [2.24, 2.45) is 29.6 Å². The fraction of sp³-hybridized carbons (Fsp3) is 0.938. The Balaban J connectivity index is 2.17. The molecule has 0 aromatic carbocycles. The van der Waals surface area contributed by atoms with Gasteiger partial charge in [0.05, 0.1) is 0 Å². The van der Waals surface area contributed by atoms with Gasteiger partial charge in [-0.25, -0.2) is 0 Å². The number of aldehydes is 1. The number of halogens is 3. The van der Waals surface area contributed by atoms with Crippen LogP contribution in [0, 0.1) is 29.6 Å². The van der Waals surface area contributed by atoms with Crippen molar-refractivity contribution >= 4 is 6.29 Å².